The molecule has 2 amide bonds. The minimum Gasteiger partial charge on any atom is -0.342 e. The van der Waals surface area contributed by atoms with Crippen LogP contribution in [-0.4, -0.2) is 57.3 Å². The number of aromatic nitrogens is 2. The number of fused-ring (bicyclic) bond motifs is 1. The van der Waals surface area contributed by atoms with Crippen LogP contribution in [0.2, 0.25) is 0 Å². The number of carbonyl (C=O) groups excluding carboxylic acids is 2. The summed E-state index contributed by atoms with van der Waals surface area (Å²) in [6.07, 6.45) is 7.75. The summed E-state index contributed by atoms with van der Waals surface area (Å²) >= 11 is 0. The van der Waals surface area contributed by atoms with Crippen LogP contribution in [0.15, 0.2) is 6.33 Å². The van der Waals surface area contributed by atoms with E-state index < -0.39 is 0 Å². The molecule has 3 heterocycles. The molecule has 0 radical (unpaired) electrons. The topological polar surface area (TPSA) is 58.4 Å². The molecule has 0 bridgehead atoms. The number of likely N-dealkylation sites (tertiary alicyclic amines) is 1. The third-order valence-corrected chi connectivity index (χ3v) is 5.47. The summed E-state index contributed by atoms with van der Waals surface area (Å²) in [4.78, 5) is 33.8. The Labute approximate surface area is 150 Å². The molecule has 1 fully saturated rings. The zero-order chi connectivity index (χ0) is 17.8. The van der Waals surface area contributed by atoms with Gasteiger partial charge < -0.3 is 14.4 Å². The minimum atomic E-state index is 0.0268. The Kier molecular flexibility index (Phi) is 5.76. The Morgan fingerprint density at radius 2 is 2.00 bits per heavy atom. The van der Waals surface area contributed by atoms with E-state index in [0.29, 0.717) is 18.8 Å². The lowest BCUT2D eigenvalue weighted by Crippen LogP contribution is -2.42. The number of amides is 2. The number of carbonyl (C=O) groups is 2. The molecule has 138 valence electrons. The van der Waals surface area contributed by atoms with Crippen LogP contribution >= 0.6 is 0 Å². The largest absolute Gasteiger partial charge is 0.342 e. The lowest BCUT2D eigenvalue weighted by molar-refractivity contribution is -0.137. The molecule has 2 aliphatic heterocycles. The van der Waals surface area contributed by atoms with Crippen LogP contribution in [0.25, 0.3) is 0 Å². The third-order valence-electron chi connectivity index (χ3n) is 5.47. The molecule has 1 atom stereocenters. The first-order chi connectivity index (χ1) is 12.2. The van der Waals surface area contributed by atoms with Gasteiger partial charge in [-0.25, -0.2) is 4.98 Å². The molecule has 0 spiro atoms. The molecule has 6 nitrogen and oxygen atoms in total. The fourth-order valence-electron chi connectivity index (χ4n) is 4.04. The van der Waals surface area contributed by atoms with E-state index in [-0.39, 0.29) is 17.7 Å². The first-order valence-electron chi connectivity index (χ1n) is 9.77. The molecule has 0 N–H and O–H groups in total. The van der Waals surface area contributed by atoms with E-state index in [2.05, 4.69) is 11.9 Å². The van der Waals surface area contributed by atoms with Crippen LogP contribution in [0.4, 0.5) is 0 Å². The van der Waals surface area contributed by atoms with Gasteiger partial charge in [-0.2, -0.15) is 0 Å². The van der Waals surface area contributed by atoms with Gasteiger partial charge in [-0.3, -0.25) is 9.59 Å². The Balaban J connectivity index is 1.70. The van der Waals surface area contributed by atoms with Crippen LogP contribution in [0.1, 0.15) is 62.1 Å². The zero-order valence-electron chi connectivity index (χ0n) is 15.5. The summed E-state index contributed by atoms with van der Waals surface area (Å²) in [5, 5.41) is 0. The number of piperidine rings is 1. The van der Waals surface area contributed by atoms with Crippen molar-refractivity contribution in [3.8, 4) is 0 Å². The summed E-state index contributed by atoms with van der Waals surface area (Å²) < 4.78 is 2.03. The Bertz CT molecular complexity index is 619. The first-order valence-corrected chi connectivity index (χ1v) is 9.77. The Morgan fingerprint density at radius 3 is 2.68 bits per heavy atom. The van der Waals surface area contributed by atoms with Crippen LogP contribution in [0.5, 0.6) is 0 Å². The Hall–Kier alpha value is -1.85. The second-order valence-electron chi connectivity index (χ2n) is 7.20. The fourth-order valence-corrected chi connectivity index (χ4v) is 4.04. The second-order valence-corrected chi connectivity index (χ2v) is 7.20. The summed E-state index contributed by atoms with van der Waals surface area (Å²) in [6, 6.07) is 0. The molecule has 0 aliphatic carbocycles. The number of imidazole rings is 1. The molecule has 1 saturated heterocycles. The van der Waals surface area contributed by atoms with Crippen molar-refractivity contribution in [1.82, 2.24) is 19.4 Å². The minimum absolute atomic E-state index is 0.0268. The van der Waals surface area contributed by atoms with Gasteiger partial charge in [0.2, 0.25) is 5.91 Å². The van der Waals surface area contributed by atoms with Gasteiger partial charge in [0.1, 0.15) is 5.69 Å². The predicted octanol–water partition coefficient (Wildman–Crippen LogP) is 2.33. The van der Waals surface area contributed by atoms with Crippen LogP contribution < -0.4 is 0 Å². The van der Waals surface area contributed by atoms with Crippen molar-refractivity contribution in [2.75, 3.05) is 26.2 Å². The highest BCUT2D eigenvalue weighted by molar-refractivity contribution is 5.93. The lowest BCUT2D eigenvalue weighted by atomic mass is 9.94. The summed E-state index contributed by atoms with van der Waals surface area (Å²) in [5.41, 5.74) is 1.58. The quantitative estimate of drug-likeness (QED) is 0.822. The normalized spacial score (nSPS) is 20.2. The van der Waals surface area contributed by atoms with Crippen molar-refractivity contribution in [1.29, 1.82) is 0 Å². The molecule has 1 aromatic heterocycles. The van der Waals surface area contributed by atoms with E-state index in [1.807, 2.05) is 21.3 Å². The summed E-state index contributed by atoms with van der Waals surface area (Å²) in [6.45, 7) is 8.01. The van der Waals surface area contributed by atoms with Crippen LogP contribution in [0, 0.1) is 5.92 Å². The molecule has 1 unspecified atom stereocenters. The van der Waals surface area contributed by atoms with Crippen molar-refractivity contribution < 1.29 is 9.59 Å². The maximum Gasteiger partial charge on any atom is 0.274 e. The monoisotopic (exact) mass is 346 g/mol. The highest BCUT2D eigenvalue weighted by atomic mass is 16.2. The number of hydrogen-bond donors (Lipinski definition) is 0. The molecule has 2 aliphatic rings. The highest BCUT2D eigenvalue weighted by Gasteiger charge is 2.32. The van der Waals surface area contributed by atoms with E-state index >= 15 is 0 Å². The summed E-state index contributed by atoms with van der Waals surface area (Å²) in [7, 11) is 0. The van der Waals surface area contributed by atoms with E-state index in [0.717, 1.165) is 57.4 Å². The third kappa shape index (κ3) is 3.72. The molecule has 1 aromatic rings. The molecular formula is C19H30N4O2. The maximum atomic E-state index is 12.8. The second kappa shape index (κ2) is 8.02. The van der Waals surface area contributed by atoms with Gasteiger partial charge in [-0.15, -0.1) is 0 Å². The molecule has 25 heavy (non-hydrogen) atoms. The number of rotatable bonds is 5. The van der Waals surface area contributed by atoms with Gasteiger partial charge >= 0.3 is 0 Å². The smallest absolute Gasteiger partial charge is 0.274 e. The van der Waals surface area contributed by atoms with Gasteiger partial charge in [0.15, 0.2) is 0 Å². The van der Waals surface area contributed by atoms with Gasteiger partial charge in [-0.1, -0.05) is 6.92 Å². The average Bonchev–Trinajstić information content (AvgIpc) is 3.08. The molecule has 0 saturated carbocycles. The summed E-state index contributed by atoms with van der Waals surface area (Å²) in [5.74, 6) is 0.340. The van der Waals surface area contributed by atoms with Crippen molar-refractivity contribution in [2.24, 2.45) is 5.92 Å². The lowest BCUT2D eigenvalue weighted by Gasteiger charge is -2.32. The average molecular weight is 346 g/mol. The number of hydrogen-bond acceptors (Lipinski definition) is 3. The molecule has 0 aromatic carbocycles. The standard InChI is InChI=1S/C19H30N4O2/c1-3-10-21(4-2)19(25)17-16-9-8-15(13-23(16)14-20-17)18(24)22-11-6-5-7-12-22/h14-15H,3-13H2,1-2H3. The van der Waals surface area contributed by atoms with Crippen LogP contribution in [0.3, 0.4) is 0 Å². The zero-order valence-corrected chi connectivity index (χ0v) is 15.5. The molecule has 6 heteroatoms. The first kappa shape index (κ1) is 18.0. The fraction of sp³-hybridized carbons (Fsp3) is 0.737. The van der Waals surface area contributed by atoms with Crippen molar-refractivity contribution >= 4 is 11.8 Å². The van der Waals surface area contributed by atoms with E-state index in [4.69, 9.17) is 0 Å². The van der Waals surface area contributed by atoms with Crippen molar-refractivity contribution in [3.05, 3.63) is 17.7 Å². The van der Waals surface area contributed by atoms with Gasteiger partial charge in [0.05, 0.1) is 17.9 Å². The molecule has 3 rings (SSSR count). The SMILES string of the molecule is CCCN(CC)C(=O)c1ncn2c1CCC(C(=O)N1CCCCC1)C2. The van der Waals surface area contributed by atoms with Crippen molar-refractivity contribution in [3.63, 3.8) is 0 Å². The van der Waals surface area contributed by atoms with Gasteiger partial charge in [0, 0.05) is 32.7 Å². The van der Waals surface area contributed by atoms with Crippen LogP contribution in [-0.2, 0) is 17.8 Å². The predicted molar refractivity (Wildman–Crippen MR) is 96.3 cm³/mol. The highest BCUT2D eigenvalue weighted by Crippen LogP contribution is 2.26. The van der Waals surface area contributed by atoms with E-state index in [9.17, 15) is 9.59 Å². The van der Waals surface area contributed by atoms with Gasteiger partial charge in [-0.05, 0) is 45.4 Å². The van der Waals surface area contributed by atoms with E-state index in [1.165, 1.54) is 6.42 Å². The van der Waals surface area contributed by atoms with Gasteiger partial charge in [0.25, 0.3) is 5.91 Å². The maximum absolute atomic E-state index is 12.8. The Morgan fingerprint density at radius 1 is 1.24 bits per heavy atom. The van der Waals surface area contributed by atoms with Crippen molar-refractivity contribution in [2.45, 2.75) is 58.9 Å². The van der Waals surface area contributed by atoms with E-state index in [1.54, 1.807) is 6.33 Å². The molecular weight excluding hydrogens is 316 g/mol. The number of nitrogens with zero attached hydrogens (tertiary/aromatic N) is 4.